The van der Waals surface area contributed by atoms with E-state index in [0.29, 0.717) is 19.8 Å². The molecule has 0 N–H and O–H groups in total. The second-order valence-electron chi connectivity index (χ2n) is 3.87. The predicted octanol–water partition coefficient (Wildman–Crippen LogP) is 5.78. The number of para-hydroxylation sites is 1. The van der Waals surface area contributed by atoms with E-state index in [1.165, 1.54) is 0 Å². The maximum Gasteiger partial charge on any atom is 0.124 e. The van der Waals surface area contributed by atoms with Crippen molar-refractivity contribution in [2.24, 2.45) is 0 Å². The number of benzene rings is 1. The number of ether oxygens (including phenoxy) is 2. The quantitative estimate of drug-likeness (QED) is 0.573. The van der Waals surface area contributed by atoms with Gasteiger partial charge in [-0.25, -0.2) is 0 Å². The van der Waals surface area contributed by atoms with E-state index in [4.69, 9.17) is 14.0 Å². The van der Waals surface area contributed by atoms with E-state index in [-0.39, 0.29) is 0 Å². The second-order valence-corrected chi connectivity index (χ2v) is 3.87. The van der Waals surface area contributed by atoms with E-state index in [0.717, 1.165) is 24.3 Å². The Balaban J connectivity index is 0. The van der Waals surface area contributed by atoms with Gasteiger partial charge in [0.05, 0.1) is 18.9 Å². The van der Waals surface area contributed by atoms with Gasteiger partial charge in [-0.3, -0.25) is 0 Å². The normalized spacial score (nSPS) is 8.58. The number of aromatic nitrogens is 1. The van der Waals surface area contributed by atoms with Crippen LogP contribution in [0.2, 0.25) is 0 Å². The van der Waals surface area contributed by atoms with Gasteiger partial charge in [0.15, 0.2) is 0 Å². The lowest BCUT2D eigenvalue weighted by Crippen LogP contribution is -2.05. The van der Waals surface area contributed by atoms with Gasteiger partial charge in [0, 0.05) is 25.5 Å². The Kier molecular flexibility index (Phi) is 21.6. The summed E-state index contributed by atoms with van der Waals surface area (Å²) in [5.41, 5.74) is 0.926. The van der Waals surface area contributed by atoms with Gasteiger partial charge < -0.3 is 14.0 Å². The van der Waals surface area contributed by atoms with Crippen LogP contribution in [0.15, 0.2) is 47.2 Å². The van der Waals surface area contributed by atoms with Crippen molar-refractivity contribution in [2.75, 3.05) is 19.8 Å². The molecule has 4 heteroatoms. The number of rotatable bonds is 8. The van der Waals surface area contributed by atoms with Crippen LogP contribution in [0.5, 0.6) is 5.75 Å². The standard InChI is InChI=1S/C14H17NO3.3C2H6/c1-2-5-14(6-3-1)17-10-4-9-16-11-7-13-8-12-18-15-13;3*1-2/h1-3,5-6,8,12H,4,7,9-11H2;3*1-2H3. The number of nitrogens with zero attached hydrogens (tertiary/aromatic N) is 1. The summed E-state index contributed by atoms with van der Waals surface area (Å²) in [5.74, 6) is 0.903. The van der Waals surface area contributed by atoms with Crippen LogP contribution in [0, 0.1) is 0 Å². The van der Waals surface area contributed by atoms with Crippen LogP contribution in [-0.4, -0.2) is 25.0 Å². The Bertz CT molecular complexity index is 416. The van der Waals surface area contributed by atoms with Crippen LogP contribution in [0.4, 0.5) is 0 Å². The van der Waals surface area contributed by atoms with Gasteiger partial charge in [0.25, 0.3) is 0 Å². The summed E-state index contributed by atoms with van der Waals surface area (Å²) in [6.45, 7) is 14.0. The summed E-state index contributed by atoms with van der Waals surface area (Å²) in [4.78, 5) is 0. The molecule has 4 nitrogen and oxygen atoms in total. The second kappa shape index (κ2) is 21.2. The van der Waals surface area contributed by atoms with Crippen LogP contribution < -0.4 is 4.74 Å². The van der Waals surface area contributed by atoms with Gasteiger partial charge >= 0.3 is 0 Å². The molecular weight excluding hydrogens is 302 g/mol. The Morgan fingerprint density at radius 3 is 2.08 bits per heavy atom. The Hall–Kier alpha value is -1.81. The lowest BCUT2D eigenvalue weighted by atomic mass is 10.3. The predicted molar refractivity (Wildman–Crippen MR) is 102 cm³/mol. The van der Waals surface area contributed by atoms with Gasteiger partial charge in [0.1, 0.15) is 12.0 Å². The van der Waals surface area contributed by atoms with Crippen LogP contribution in [-0.2, 0) is 11.2 Å². The molecule has 0 aliphatic rings. The first-order valence-corrected chi connectivity index (χ1v) is 9.10. The summed E-state index contributed by atoms with van der Waals surface area (Å²) in [7, 11) is 0. The SMILES string of the molecule is CC.CC.CC.c1ccc(OCCCOCCc2ccon2)cc1. The zero-order valence-corrected chi connectivity index (χ0v) is 16.2. The molecule has 1 heterocycles. The lowest BCUT2D eigenvalue weighted by molar-refractivity contribution is 0.121. The fraction of sp³-hybridized carbons (Fsp3) is 0.550. The summed E-state index contributed by atoms with van der Waals surface area (Å²) < 4.78 is 15.8. The van der Waals surface area contributed by atoms with Crippen molar-refractivity contribution in [3.63, 3.8) is 0 Å². The van der Waals surface area contributed by atoms with Crippen molar-refractivity contribution in [2.45, 2.75) is 54.4 Å². The minimum atomic E-state index is 0.665. The van der Waals surface area contributed by atoms with Gasteiger partial charge in [-0.2, -0.15) is 0 Å². The van der Waals surface area contributed by atoms with Crippen molar-refractivity contribution in [1.82, 2.24) is 5.16 Å². The topological polar surface area (TPSA) is 44.5 Å². The molecule has 24 heavy (non-hydrogen) atoms. The minimum Gasteiger partial charge on any atom is -0.494 e. The fourth-order valence-corrected chi connectivity index (χ4v) is 1.51. The monoisotopic (exact) mass is 337 g/mol. The van der Waals surface area contributed by atoms with Crippen molar-refractivity contribution in [3.05, 3.63) is 48.4 Å². The molecule has 0 radical (unpaired) electrons. The molecule has 0 aliphatic carbocycles. The average molecular weight is 338 g/mol. The number of hydrogen-bond acceptors (Lipinski definition) is 4. The molecule has 0 spiro atoms. The maximum absolute atomic E-state index is 5.55. The van der Waals surface area contributed by atoms with E-state index in [1.807, 2.05) is 77.9 Å². The molecule has 138 valence electrons. The first-order valence-electron chi connectivity index (χ1n) is 9.10. The van der Waals surface area contributed by atoms with Gasteiger partial charge in [-0.05, 0) is 12.1 Å². The molecule has 0 saturated heterocycles. The average Bonchev–Trinajstić information content (AvgIpc) is 3.20. The molecule has 2 aromatic rings. The fourth-order valence-electron chi connectivity index (χ4n) is 1.51. The molecule has 0 saturated carbocycles. The largest absolute Gasteiger partial charge is 0.494 e. The van der Waals surface area contributed by atoms with Crippen LogP contribution >= 0.6 is 0 Å². The molecule has 1 aromatic heterocycles. The number of hydrogen-bond donors (Lipinski definition) is 0. The Morgan fingerprint density at radius 2 is 1.50 bits per heavy atom. The summed E-state index contributed by atoms with van der Waals surface area (Å²) in [5, 5.41) is 3.81. The third-order valence-corrected chi connectivity index (χ3v) is 2.44. The third-order valence-electron chi connectivity index (χ3n) is 2.44. The molecule has 0 aliphatic heterocycles. The first kappa shape index (κ1) is 24.4. The molecular formula is C20H35NO3. The minimum absolute atomic E-state index is 0.665. The first-order chi connectivity index (χ1) is 11.9. The maximum atomic E-state index is 5.55. The zero-order chi connectivity index (χ0) is 18.5. The molecule has 0 amide bonds. The van der Waals surface area contributed by atoms with Gasteiger partial charge in [0.2, 0.25) is 0 Å². The van der Waals surface area contributed by atoms with E-state index in [2.05, 4.69) is 5.16 Å². The molecule has 2 rings (SSSR count). The zero-order valence-electron chi connectivity index (χ0n) is 16.2. The highest BCUT2D eigenvalue weighted by Crippen LogP contribution is 2.08. The van der Waals surface area contributed by atoms with Gasteiger partial charge in [-0.1, -0.05) is 64.9 Å². The molecule has 0 atom stereocenters. The highest BCUT2D eigenvalue weighted by Gasteiger charge is 1.96. The summed E-state index contributed by atoms with van der Waals surface area (Å²) in [6, 6.07) is 11.6. The van der Waals surface area contributed by atoms with Crippen molar-refractivity contribution in [3.8, 4) is 5.75 Å². The van der Waals surface area contributed by atoms with E-state index in [1.54, 1.807) is 6.26 Å². The molecule has 1 aromatic carbocycles. The van der Waals surface area contributed by atoms with Crippen LogP contribution in [0.3, 0.4) is 0 Å². The summed E-state index contributed by atoms with van der Waals surface area (Å²) in [6.07, 6.45) is 3.24. The van der Waals surface area contributed by atoms with Crippen LogP contribution in [0.1, 0.15) is 53.7 Å². The van der Waals surface area contributed by atoms with Crippen molar-refractivity contribution in [1.29, 1.82) is 0 Å². The van der Waals surface area contributed by atoms with Gasteiger partial charge in [-0.15, -0.1) is 0 Å². The van der Waals surface area contributed by atoms with Crippen molar-refractivity contribution >= 4 is 0 Å². The van der Waals surface area contributed by atoms with Crippen LogP contribution in [0.25, 0.3) is 0 Å². The highest BCUT2D eigenvalue weighted by molar-refractivity contribution is 5.20. The Morgan fingerprint density at radius 1 is 0.833 bits per heavy atom. The molecule has 0 fully saturated rings. The highest BCUT2D eigenvalue weighted by atomic mass is 16.5. The third kappa shape index (κ3) is 13.8. The Labute approximate surface area is 148 Å². The molecule has 0 bridgehead atoms. The smallest absolute Gasteiger partial charge is 0.124 e. The van der Waals surface area contributed by atoms with Crippen molar-refractivity contribution < 1.29 is 14.0 Å². The molecule has 0 unspecified atom stereocenters. The van der Waals surface area contributed by atoms with E-state index < -0.39 is 0 Å². The van der Waals surface area contributed by atoms with E-state index >= 15 is 0 Å². The van der Waals surface area contributed by atoms with E-state index in [9.17, 15) is 0 Å². The summed E-state index contributed by atoms with van der Waals surface area (Å²) >= 11 is 0. The lowest BCUT2D eigenvalue weighted by Gasteiger charge is -2.06.